The summed E-state index contributed by atoms with van der Waals surface area (Å²) in [5, 5.41) is 3.23. The molecule has 0 aromatic rings. The molecule has 1 N–H and O–H groups in total. The lowest BCUT2D eigenvalue weighted by Gasteiger charge is -2.26. The van der Waals surface area contributed by atoms with Gasteiger partial charge in [-0.2, -0.15) is 0 Å². The van der Waals surface area contributed by atoms with Crippen LogP contribution in [-0.4, -0.2) is 51.0 Å². The second-order valence-corrected chi connectivity index (χ2v) is 8.92. The van der Waals surface area contributed by atoms with Gasteiger partial charge in [0.2, 0.25) is 0 Å². The second-order valence-electron chi connectivity index (χ2n) is 5.65. The van der Waals surface area contributed by atoms with Crippen LogP contribution in [0.2, 0.25) is 0 Å². The van der Waals surface area contributed by atoms with Gasteiger partial charge in [0.05, 0.1) is 18.8 Å². The third-order valence-electron chi connectivity index (χ3n) is 3.29. The lowest BCUT2D eigenvalue weighted by molar-refractivity contribution is -0.0206. The molecule has 0 aliphatic carbocycles. The Bertz CT molecular complexity index is 312. The van der Waals surface area contributed by atoms with Crippen molar-refractivity contribution in [3.63, 3.8) is 0 Å². The van der Waals surface area contributed by atoms with Gasteiger partial charge in [-0.25, -0.2) is 0 Å². The molecule has 2 radical (unpaired) electrons. The molecule has 18 heavy (non-hydrogen) atoms. The Hall–Kier alpha value is 0.175. The zero-order valence-corrected chi connectivity index (χ0v) is 12.9. The van der Waals surface area contributed by atoms with E-state index in [1.54, 1.807) is 6.66 Å². The van der Waals surface area contributed by atoms with Crippen molar-refractivity contribution in [3.05, 3.63) is 0 Å². The Morgan fingerprint density at radius 2 is 2.06 bits per heavy atom. The molecule has 1 saturated heterocycles. The topological polar surface area (TPSA) is 47.6 Å². The summed E-state index contributed by atoms with van der Waals surface area (Å²) in [6.07, 6.45) is 0.718. The van der Waals surface area contributed by atoms with E-state index in [4.69, 9.17) is 17.3 Å². The van der Waals surface area contributed by atoms with E-state index in [-0.39, 0.29) is 29.9 Å². The van der Waals surface area contributed by atoms with Crippen LogP contribution in [0, 0.1) is 0 Å². The van der Waals surface area contributed by atoms with Gasteiger partial charge in [0.25, 0.3) is 0 Å². The summed E-state index contributed by atoms with van der Waals surface area (Å²) < 4.78 is 23.6. The van der Waals surface area contributed by atoms with Crippen LogP contribution < -0.4 is 5.09 Å². The first-order valence-corrected chi connectivity index (χ1v) is 8.82. The van der Waals surface area contributed by atoms with Gasteiger partial charge in [-0.1, -0.05) is 13.8 Å². The van der Waals surface area contributed by atoms with Gasteiger partial charge in [0.15, 0.2) is 0 Å². The van der Waals surface area contributed by atoms with Gasteiger partial charge in [-0.3, -0.25) is 5.09 Å². The Labute approximate surface area is 112 Å². The summed E-state index contributed by atoms with van der Waals surface area (Å²) in [5.41, 5.74) is 0.112. The summed E-state index contributed by atoms with van der Waals surface area (Å²) in [6.45, 7) is 10.2. The molecule has 1 aliphatic rings. The first-order valence-electron chi connectivity index (χ1n) is 6.60. The quantitative estimate of drug-likeness (QED) is 0.593. The predicted molar refractivity (Wildman–Crippen MR) is 75.7 cm³/mol. The molecular formula is C12H25BNO3P. The zero-order valence-electron chi connectivity index (χ0n) is 12.1. The molecule has 1 fully saturated rings. The molecule has 0 bridgehead atoms. The molecular weight excluding hydrogens is 248 g/mol. The summed E-state index contributed by atoms with van der Waals surface area (Å²) in [6, 6.07) is -0.285. The fourth-order valence-corrected chi connectivity index (χ4v) is 3.06. The van der Waals surface area contributed by atoms with E-state index in [1.165, 1.54) is 0 Å². The van der Waals surface area contributed by atoms with Crippen molar-refractivity contribution in [1.82, 2.24) is 5.09 Å². The molecule has 0 aromatic carbocycles. The largest absolute Gasteiger partial charge is 0.381 e. The number of hydrogen-bond donors (Lipinski definition) is 1. The number of ether oxygens (including phenoxy) is 2. The standard InChI is InChI=1S/C12H25BNO3P/c1-8(2)16-7-11-10(6-12(13)17-11)14-18(5,15)9(3)4/h8-12H,6-7H2,1-5H3,(H,14,15)/t10?,11-,12-,18?/m1/s1. The minimum absolute atomic E-state index is 0.0111. The summed E-state index contributed by atoms with van der Waals surface area (Å²) in [4.78, 5) is 0. The molecule has 104 valence electrons. The first-order chi connectivity index (χ1) is 8.22. The molecule has 2 unspecified atom stereocenters. The molecule has 0 amide bonds. The van der Waals surface area contributed by atoms with Crippen LogP contribution in [0.1, 0.15) is 34.1 Å². The Kier molecular flexibility index (Phi) is 5.91. The van der Waals surface area contributed by atoms with E-state index >= 15 is 0 Å². The predicted octanol–water partition coefficient (Wildman–Crippen LogP) is 1.97. The van der Waals surface area contributed by atoms with Gasteiger partial charge in [-0.05, 0) is 20.3 Å². The third-order valence-corrected chi connectivity index (χ3v) is 6.10. The summed E-state index contributed by atoms with van der Waals surface area (Å²) >= 11 is 0. The van der Waals surface area contributed by atoms with Crippen molar-refractivity contribution in [2.45, 2.75) is 64.0 Å². The monoisotopic (exact) mass is 273 g/mol. The molecule has 6 heteroatoms. The maximum absolute atomic E-state index is 12.4. The van der Waals surface area contributed by atoms with Crippen LogP contribution in [0.3, 0.4) is 0 Å². The van der Waals surface area contributed by atoms with Crippen molar-refractivity contribution in [2.75, 3.05) is 13.3 Å². The maximum atomic E-state index is 12.4. The molecule has 1 heterocycles. The Morgan fingerprint density at radius 1 is 1.44 bits per heavy atom. The van der Waals surface area contributed by atoms with Crippen LogP contribution in [0.15, 0.2) is 0 Å². The zero-order chi connectivity index (χ0) is 13.9. The van der Waals surface area contributed by atoms with Gasteiger partial charge < -0.3 is 14.0 Å². The van der Waals surface area contributed by atoms with Gasteiger partial charge >= 0.3 is 0 Å². The van der Waals surface area contributed by atoms with E-state index in [1.807, 2.05) is 27.7 Å². The maximum Gasteiger partial charge on any atom is 0.147 e. The smallest absolute Gasteiger partial charge is 0.147 e. The van der Waals surface area contributed by atoms with Gasteiger partial charge in [-0.15, -0.1) is 0 Å². The van der Waals surface area contributed by atoms with Crippen LogP contribution in [-0.2, 0) is 14.0 Å². The van der Waals surface area contributed by atoms with Crippen molar-refractivity contribution in [3.8, 4) is 0 Å². The number of rotatable bonds is 6. The van der Waals surface area contributed by atoms with Crippen molar-refractivity contribution in [2.24, 2.45) is 0 Å². The Morgan fingerprint density at radius 3 is 2.56 bits per heavy atom. The van der Waals surface area contributed by atoms with Gasteiger partial charge in [0.1, 0.15) is 15.1 Å². The number of nitrogens with one attached hydrogen (secondary N) is 1. The minimum atomic E-state index is -2.37. The normalized spacial score (nSPS) is 32.1. The average Bonchev–Trinajstić information content (AvgIpc) is 2.54. The average molecular weight is 273 g/mol. The second kappa shape index (κ2) is 6.56. The number of hydrogen-bond acceptors (Lipinski definition) is 3. The van der Waals surface area contributed by atoms with E-state index in [2.05, 4.69) is 5.09 Å². The molecule has 0 aromatic heterocycles. The molecule has 0 saturated carbocycles. The molecule has 0 spiro atoms. The summed E-state index contributed by atoms with van der Waals surface area (Å²) in [5.74, 6) is 0. The highest BCUT2D eigenvalue weighted by atomic mass is 31.2. The molecule has 1 aliphatic heterocycles. The van der Waals surface area contributed by atoms with Crippen LogP contribution in [0.25, 0.3) is 0 Å². The third kappa shape index (κ3) is 4.69. The van der Waals surface area contributed by atoms with E-state index in [0.29, 0.717) is 13.0 Å². The van der Waals surface area contributed by atoms with Crippen molar-refractivity contribution in [1.29, 1.82) is 0 Å². The van der Waals surface area contributed by atoms with Crippen LogP contribution in [0.5, 0.6) is 0 Å². The fraction of sp³-hybridized carbons (Fsp3) is 1.00. The lowest BCUT2D eigenvalue weighted by Crippen LogP contribution is -2.38. The lowest BCUT2D eigenvalue weighted by atomic mass is 9.95. The first kappa shape index (κ1) is 16.2. The van der Waals surface area contributed by atoms with Crippen LogP contribution in [0.4, 0.5) is 0 Å². The van der Waals surface area contributed by atoms with Crippen molar-refractivity contribution < 1.29 is 14.0 Å². The van der Waals surface area contributed by atoms with Crippen molar-refractivity contribution >= 4 is 15.1 Å². The van der Waals surface area contributed by atoms with E-state index in [0.717, 1.165) is 0 Å². The van der Waals surface area contributed by atoms with Gasteiger partial charge in [0, 0.05) is 24.4 Å². The highest BCUT2D eigenvalue weighted by Crippen LogP contribution is 2.43. The van der Waals surface area contributed by atoms with E-state index < -0.39 is 7.29 Å². The fourth-order valence-electron chi connectivity index (χ4n) is 1.83. The minimum Gasteiger partial charge on any atom is -0.381 e. The molecule has 4 nitrogen and oxygen atoms in total. The SMILES string of the molecule is [B][C@H]1CC(NP(C)(=O)C(C)C)[C@@H](COC(C)C)O1. The highest BCUT2D eigenvalue weighted by Gasteiger charge is 2.36. The molecule has 4 atom stereocenters. The van der Waals surface area contributed by atoms with E-state index in [9.17, 15) is 4.57 Å². The highest BCUT2D eigenvalue weighted by molar-refractivity contribution is 7.61. The molecule has 1 rings (SSSR count). The Balaban J connectivity index is 2.59. The summed E-state index contributed by atoms with van der Waals surface area (Å²) in [7, 11) is 3.44. The van der Waals surface area contributed by atoms with Crippen LogP contribution >= 0.6 is 7.29 Å².